The summed E-state index contributed by atoms with van der Waals surface area (Å²) in [5.41, 5.74) is 3.34. The van der Waals surface area contributed by atoms with Crippen molar-refractivity contribution >= 4 is 39.9 Å². The number of rotatable bonds is 8. The maximum absolute atomic E-state index is 12.3. The standard InChI is InChI=1S/C24H23N3O4S/c28-21(26-20-10-5-4-9-18(20)13-17-7-2-1-3-8-17)15-31-23(30)14-19-16-32-24(25-19)27-12-6-11-22(27)29/h1-5,7-10,16H,6,11-15H2,(H,26,28). The van der Waals surface area contributed by atoms with Crippen LogP contribution in [0.25, 0.3) is 0 Å². The van der Waals surface area contributed by atoms with Crippen LogP contribution in [-0.2, 0) is 32.0 Å². The van der Waals surface area contributed by atoms with Crippen molar-refractivity contribution in [2.24, 2.45) is 0 Å². The molecule has 1 fully saturated rings. The van der Waals surface area contributed by atoms with E-state index in [-0.39, 0.29) is 18.9 Å². The van der Waals surface area contributed by atoms with Crippen LogP contribution in [0.2, 0.25) is 0 Å². The lowest BCUT2D eigenvalue weighted by Gasteiger charge is -2.11. The van der Waals surface area contributed by atoms with E-state index in [0.717, 1.165) is 17.5 Å². The number of carbonyl (C=O) groups excluding carboxylic acids is 3. The van der Waals surface area contributed by atoms with Crippen molar-refractivity contribution in [3.8, 4) is 0 Å². The quantitative estimate of drug-likeness (QED) is 0.531. The summed E-state index contributed by atoms with van der Waals surface area (Å²) in [6.45, 7) is 0.280. The van der Waals surface area contributed by atoms with Crippen LogP contribution in [0.4, 0.5) is 10.8 Å². The molecule has 4 rings (SSSR count). The van der Waals surface area contributed by atoms with Crippen molar-refractivity contribution < 1.29 is 19.1 Å². The highest BCUT2D eigenvalue weighted by atomic mass is 32.1. The van der Waals surface area contributed by atoms with Gasteiger partial charge in [-0.05, 0) is 30.0 Å². The van der Waals surface area contributed by atoms with E-state index in [9.17, 15) is 14.4 Å². The highest BCUT2D eigenvalue weighted by Crippen LogP contribution is 2.25. The van der Waals surface area contributed by atoms with Gasteiger partial charge >= 0.3 is 5.97 Å². The Kier molecular flexibility index (Phi) is 6.91. The first kappa shape index (κ1) is 21.7. The molecule has 2 amide bonds. The monoisotopic (exact) mass is 449 g/mol. The molecule has 1 aliphatic heterocycles. The van der Waals surface area contributed by atoms with Gasteiger partial charge in [-0.15, -0.1) is 11.3 Å². The van der Waals surface area contributed by atoms with E-state index in [2.05, 4.69) is 10.3 Å². The van der Waals surface area contributed by atoms with Crippen molar-refractivity contribution in [2.45, 2.75) is 25.7 Å². The van der Waals surface area contributed by atoms with Crippen LogP contribution >= 0.6 is 11.3 Å². The van der Waals surface area contributed by atoms with Gasteiger partial charge in [-0.25, -0.2) is 4.98 Å². The number of hydrogen-bond donors (Lipinski definition) is 1. The molecule has 0 spiro atoms. The molecule has 0 radical (unpaired) electrons. The van der Waals surface area contributed by atoms with Gasteiger partial charge in [-0.3, -0.25) is 19.3 Å². The molecule has 32 heavy (non-hydrogen) atoms. The number of anilines is 2. The maximum atomic E-state index is 12.3. The zero-order chi connectivity index (χ0) is 22.3. The van der Waals surface area contributed by atoms with E-state index >= 15 is 0 Å². The Balaban J connectivity index is 1.28. The Morgan fingerprint density at radius 2 is 1.88 bits per heavy atom. The molecule has 0 unspecified atom stereocenters. The Morgan fingerprint density at radius 1 is 1.09 bits per heavy atom. The number of amides is 2. The van der Waals surface area contributed by atoms with Crippen LogP contribution in [0.3, 0.4) is 0 Å². The molecule has 8 heteroatoms. The summed E-state index contributed by atoms with van der Waals surface area (Å²) in [6, 6.07) is 17.5. The lowest BCUT2D eigenvalue weighted by atomic mass is 10.0. The first-order chi connectivity index (χ1) is 15.6. The molecule has 1 aliphatic rings. The lowest BCUT2D eigenvalue weighted by Crippen LogP contribution is -2.24. The summed E-state index contributed by atoms with van der Waals surface area (Å²) in [7, 11) is 0. The Morgan fingerprint density at radius 3 is 2.66 bits per heavy atom. The number of carbonyl (C=O) groups is 3. The topological polar surface area (TPSA) is 88.6 Å². The van der Waals surface area contributed by atoms with E-state index < -0.39 is 11.9 Å². The Labute approximate surface area is 190 Å². The minimum atomic E-state index is -0.540. The smallest absolute Gasteiger partial charge is 0.312 e. The average Bonchev–Trinajstić information content (AvgIpc) is 3.43. The van der Waals surface area contributed by atoms with Gasteiger partial charge < -0.3 is 10.1 Å². The van der Waals surface area contributed by atoms with Crippen LogP contribution < -0.4 is 10.2 Å². The summed E-state index contributed by atoms with van der Waals surface area (Å²) in [6.07, 6.45) is 1.99. The first-order valence-corrected chi connectivity index (χ1v) is 11.3. The highest BCUT2D eigenvalue weighted by molar-refractivity contribution is 7.14. The number of nitrogens with zero attached hydrogens (tertiary/aromatic N) is 2. The highest BCUT2D eigenvalue weighted by Gasteiger charge is 2.24. The van der Waals surface area contributed by atoms with Gasteiger partial charge in [0, 0.05) is 24.0 Å². The molecule has 2 heterocycles. The van der Waals surface area contributed by atoms with Crippen molar-refractivity contribution in [1.29, 1.82) is 0 Å². The van der Waals surface area contributed by atoms with Crippen molar-refractivity contribution in [3.63, 3.8) is 0 Å². The zero-order valence-corrected chi connectivity index (χ0v) is 18.3. The number of esters is 1. The number of hydrogen-bond acceptors (Lipinski definition) is 6. The van der Waals surface area contributed by atoms with E-state index in [0.29, 0.717) is 35.9 Å². The second-order valence-electron chi connectivity index (χ2n) is 7.48. The fourth-order valence-corrected chi connectivity index (χ4v) is 4.36. The van der Waals surface area contributed by atoms with Crippen molar-refractivity contribution in [1.82, 2.24) is 4.98 Å². The summed E-state index contributed by atoms with van der Waals surface area (Å²) in [4.78, 5) is 42.3. The third-order valence-electron chi connectivity index (χ3n) is 5.06. The van der Waals surface area contributed by atoms with Gasteiger partial charge in [0.2, 0.25) is 5.91 Å². The summed E-state index contributed by atoms with van der Waals surface area (Å²) in [5, 5.41) is 5.16. The van der Waals surface area contributed by atoms with Gasteiger partial charge in [-0.2, -0.15) is 0 Å². The normalized spacial score (nSPS) is 13.2. The molecule has 164 valence electrons. The van der Waals surface area contributed by atoms with Crippen LogP contribution in [0, 0.1) is 0 Å². The second kappa shape index (κ2) is 10.2. The largest absolute Gasteiger partial charge is 0.455 e. The molecule has 0 bridgehead atoms. The first-order valence-electron chi connectivity index (χ1n) is 10.4. The number of thiazole rings is 1. The molecule has 1 aromatic heterocycles. The lowest BCUT2D eigenvalue weighted by molar-refractivity contribution is -0.146. The van der Waals surface area contributed by atoms with Gasteiger partial charge in [0.25, 0.3) is 5.91 Å². The number of aromatic nitrogens is 1. The summed E-state index contributed by atoms with van der Waals surface area (Å²) in [5.74, 6) is -0.888. The minimum absolute atomic E-state index is 0.0452. The van der Waals surface area contributed by atoms with Gasteiger partial charge in [0.15, 0.2) is 11.7 Å². The zero-order valence-electron chi connectivity index (χ0n) is 17.5. The van der Waals surface area contributed by atoms with E-state index in [1.54, 1.807) is 10.3 Å². The third kappa shape index (κ3) is 5.59. The van der Waals surface area contributed by atoms with Crippen molar-refractivity contribution in [2.75, 3.05) is 23.4 Å². The third-order valence-corrected chi connectivity index (χ3v) is 5.97. The molecular formula is C24H23N3O4S. The number of para-hydroxylation sites is 1. The summed E-state index contributed by atoms with van der Waals surface area (Å²) >= 11 is 1.33. The molecule has 0 aliphatic carbocycles. The van der Waals surface area contributed by atoms with Crippen LogP contribution in [0.1, 0.15) is 29.7 Å². The fourth-order valence-electron chi connectivity index (χ4n) is 3.50. The molecule has 2 aromatic carbocycles. The number of benzene rings is 2. The summed E-state index contributed by atoms with van der Waals surface area (Å²) < 4.78 is 5.13. The SMILES string of the molecule is O=C(COC(=O)Cc1csc(N2CCCC2=O)n1)Nc1ccccc1Cc1ccccc1. The Bertz CT molecular complexity index is 1110. The molecule has 0 saturated carbocycles. The molecule has 7 nitrogen and oxygen atoms in total. The number of nitrogens with one attached hydrogen (secondary N) is 1. The predicted molar refractivity (Wildman–Crippen MR) is 123 cm³/mol. The van der Waals surface area contributed by atoms with E-state index in [4.69, 9.17) is 4.74 Å². The van der Waals surface area contributed by atoms with Gasteiger partial charge in [0.1, 0.15) is 0 Å². The van der Waals surface area contributed by atoms with Crippen LogP contribution in [-0.4, -0.2) is 35.9 Å². The maximum Gasteiger partial charge on any atom is 0.312 e. The molecule has 1 saturated heterocycles. The number of ether oxygens (including phenoxy) is 1. The van der Waals surface area contributed by atoms with E-state index in [1.807, 2.05) is 54.6 Å². The van der Waals surface area contributed by atoms with E-state index in [1.165, 1.54) is 11.3 Å². The molecule has 1 N–H and O–H groups in total. The van der Waals surface area contributed by atoms with Crippen molar-refractivity contribution in [3.05, 3.63) is 76.8 Å². The van der Waals surface area contributed by atoms with Crippen LogP contribution in [0.5, 0.6) is 0 Å². The minimum Gasteiger partial charge on any atom is -0.455 e. The second-order valence-corrected chi connectivity index (χ2v) is 8.31. The van der Waals surface area contributed by atoms with Crippen LogP contribution in [0.15, 0.2) is 60.0 Å². The molecule has 0 atom stereocenters. The fraction of sp³-hybridized carbons (Fsp3) is 0.250. The molecule has 3 aromatic rings. The van der Waals surface area contributed by atoms with Gasteiger partial charge in [0.05, 0.1) is 12.1 Å². The predicted octanol–water partition coefficient (Wildman–Crippen LogP) is 3.59. The average molecular weight is 450 g/mol. The van der Waals surface area contributed by atoms with Gasteiger partial charge in [-0.1, -0.05) is 48.5 Å². The molecular weight excluding hydrogens is 426 g/mol. The Hall–Kier alpha value is -3.52.